The van der Waals surface area contributed by atoms with Gasteiger partial charge in [0.1, 0.15) is 7.85 Å². The van der Waals surface area contributed by atoms with Gasteiger partial charge in [-0.05, 0) is 16.7 Å². The first-order valence-electron chi connectivity index (χ1n) is 4.88. The second-order valence-corrected chi connectivity index (χ2v) is 3.43. The molecule has 0 saturated heterocycles. The van der Waals surface area contributed by atoms with Crippen molar-refractivity contribution in [2.45, 2.75) is 0 Å². The van der Waals surface area contributed by atoms with Crippen LogP contribution >= 0.6 is 0 Å². The van der Waals surface area contributed by atoms with E-state index in [2.05, 4.69) is 6.58 Å². The van der Waals surface area contributed by atoms with Crippen LogP contribution in [0.5, 0.6) is 0 Å². The van der Waals surface area contributed by atoms with Crippen LogP contribution in [0, 0.1) is 0 Å². The van der Waals surface area contributed by atoms with Gasteiger partial charge in [-0.1, -0.05) is 66.6 Å². The normalized spacial score (nSPS) is 9.87. The third-order valence-electron chi connectivity index (χ3n) is 2.41. The fraction of sp³-hybridized carbons (Fsp3) is 0. The van der Waals surface area contributed by atoms with E-state index in [4.69, 9.17) is 7.85 Å². The molecule has 0 fully saturated rings. The summed E-state index contributed by atoms with van der Waals surface area (Å²) in [5, 5.41) is 0. The Kier molecular flexibility index (Phi) is 2.73. The topological polar surface area (TPSA) is 0 Å². The van der Waals surface area contributed by atoms with Crippen molar-refractivity contribution in [3.63, 3.8) is 0 Å². The minimum Gasteiger partial charge on any atom is -0.0906 e. The molecule has 0 N–H and O–H groups in total. The molecule has 2 aromatic carbocycles. The molecular weight excluding hydrogens is 179 g/mol. The van der Waals surface area contributed by atoms with E-state index in [1.807, 2.05) is 54.6 Å². The molecule has 0 saturated carbocycles. The molecule has 0 aliphatic heterocycles. The van der Waals surface area contributed by atoms with E-state index >= 15 is 0 Å². The molecule has 70 valence electrons. The van der Waals surface area contributed by atoms with Crippen molar-refractivity contribution in [1.82, 2.24) is 0 Å². The van der Waals surface area contributed by atoms with E-state index in [1.165, 1.54) is 0 Å². The van der Waals surface area contributed by atoms with Crippen LogP contribution in [0.15, 0.2) is 61.2 Å². The molecule has 0 bridgehead atoms. The molecule has 0 unspecified atom stereocenters. The summed E-state index contributed by atoms with van der Waals surface area (Å²) in [5.41, 5.74) is 3.85. The van der Waals surface area contributed by atoms with Crippen molar-refractivity contribution in [2.75, 3.05) is 0 Å². The van der Waals surface area contributed by atoms with Gasteiger partial charge in [-0.25, -0.2) is 0 Å². The third kappa shape index (κ3) is 2.02. The summed E-state index contributed by atoms with van der Waals surface area (Å²) < 4.78 is 0. The maximum absolute atomic E-state index is 5.90. The zero-order valence-corrected chi connectivity index (χ0v) is 8.48. The van der Waals surface area contributed by atoms with Gasteiger partial charge in [0.2, 0.25) is 0 Å². The minimum absolute atomic E-state index is 0.770. The summed E-state index contributed by atoms with van der Waals surface area (Å²) >= 11 is 0. The van der Waals surface area contributed by atoms with Gasteiger partial charge in [0.05, 0.1) is 0 Å². The molecule has 2 radical (unpaired) electrons. The first kappa shape index (κ1) is 9.79. The van der Waals surface area contributed by atoms with Crippen molar-refractivity contribution in [3.8, 4) is 0 Å². The van der Waals surface area contributed by atoms with Crippen LogP contribution in [-0.4, -0.2) is 7.85 Å². The number of benzene rings is 2. The van der Waals surface area contributed by atoms with Crippen LogP contribution in [0.25, 0.3) is 5.57 Å². The summed E-state index contributed by atoms with van der Waals surface area (Å²) in [7, 11) is 5.90. The minimum atomic E-state index is 0.770. The van der Waals surface area contributed by atoms with Crippen molar-refractivity contribution in [3.05, 3.63) is 72.3 Å². The van der Waals surface area contributed by atoms with Gasteiger partial charge in [0, 0.05) is 0 Å². The van der Waals surface area contributed by atoms with Crippen LogP contribution in [0.2, 0.25) is 0 Å². The lowest BCUT2D eigenvalue weighted by Gasteiger charge is -2.09. The molecule has 0 aliphatic rings. The van der Waals surface area contributed by atoms with E-state index in [9.17, 15) is 0 Å². The second-order valence-electron chi connectivity index (χ2n) is 3.43. The van der Waals surface area contributed by atoms with Crippen LogP contribution < -0.4 is 5.46 Å². The Balaban J connectivity index is 2.42. The first-order chi connectivity index (χ1) is 7.29. The first-order valence-corrected chi connectivity index (χ1v) is 4.88. The zero-order valence-electron chi connectivity index (χ0n) is 8.48. The summed E-state index contributed by atoms with van der Waals surface area (Å²) in [6.07, 6.45) is 0. The molecule has 0 amide bonds. The Morgan fingerprint density at radius 3 is 2.13 bits per heavy atom. The highest BCUT2D eigenvalue weighted by Gasteiger charge is 2.02. The highest BCUT2D eigenvalue weighted by molar-refractivity contribution is 6.34. The monoisotopic (exact) mass is 190 g/mol. The van der Waals surface area contributed by atoms with Gasteiger partial charge in [-0.3, -0.25) is 0 Å². The van der Waals surface area contributed by atoms with Crippen LogP contribution in [0.1, 0.15) is 11.1 Å². The van der Waals surface area contributed by atoms with Crippen LogP contribution in [0.4, 0.5) is 0 Å². The van der Waals surface area contributed by atoms with Crippen molar-refractivity contribution < 1.29 is 0 Å². The molecule has 15 heavy (non-hydrogen) atoms. The van der Waals surface area contributed by atoms with Crippen LogP contribution in [-0.2, 0) is 0 Å². The van der Waals surface area contributed by atoms with E-state index < -0.39 is 0 Å². The third-order valence-corrected chi connectivity index (χ3v) is 2.41. The molecule has 0 aliphatic carbocycles. The SMILES string of the molecule is [B]c1ccccc1C(=C)c1ccccc1. The zero-order chi connectivity index (χ0) is 10.7. The average Bonchev–Trinajstić information content (AvgIpc) is 2.30. The Morgan fingerprint density at radius 2 is 1.47 bits per heavy atom. The summed E-state index contributed by atoms with van der Waals surface area (Å²) in [4.78, 5) is 0. The molecule has 0 aromatic heterocycles. The molecule has 0 heterocycles. The lowest BCUT2D eigenvalue weighted by atomic mass is 9.85. The fourth-order valence-corrected chi connectivity index (χ4v) is 1.57. The van der Waals surface area contributed by atoms with Gasteiger partial charge >= 0.3 is 0 Å². The van der Waals surface area contributed by atoms with E-state index in [0.29, 0.717) is 0 Å². The fourth-order valence-electron chi connectivity index (χ4n) is 1.57. The average molecular weight is 190 g/mol. The van der Waals surface area contributed by atoms with Gasteiger partial charge < -0.3 is 0 Å². The standard InChI is InChI=1S/C14H11B/c1-11(12-7-3-2-4-8-12)13-9-5-6-10-14(13)15/h2-10H,1H2. The maximum Gasteiger partial charge on any atom is 0.114 e. The molecular formula is C14H11B. The molecule has 0 spiro atoms. The van der Waals surface area contributed by atoms with Crippen molar-refractivity contribution in [2.24, 2.45) is 0 Å². The molecule has 0 nitrogen and oxygen atoms in total. The number of hydrogen-bond acceptors (Lipinski definition) is 0. The van der Waals surface area contributed by atoms with Gasteiger partial charge in [0.15, 0.2) is 0 Å². The number of rotatable bonds is 2. The smallest absolute Gasteiger partial charge is 0.0906 e. The van der Waals surface area contributed by atoms with E-state index in [-0.39, 0.29) is 0 Å². The van der Waals surface area contributed by atoms with E-state index in [1.54, 1.807) is 0 Å². The lowest BCUT2D eigenvalue weighted by Crippen LogP contribution is -2.08. The Morgan fingerprint density at radius 1 is 0.867 bits per heavy atom. The quantitative estimate of drug-likeness (QED) is 0.638. The van der Waals surface area contributed by atoms with Gasteiger partial charge in [0.25, 0.3) is 0 Å². The summed E-state index contributed by atoms with van der Waals surface area (Å²) in [6.45, 7) is 4.08. The van der Waals surface area contributed by atoms with E-state index in [0.717, 1.165) is 22.2 Å². The Bertz CT molecular complexity index is 472. The Hall–Kier alpha value is -1.76. The maximum atomic E-state index is 5.90. The van der Waals surface area contributed by atoms with Gasteiger partial charge in [-0.2, -0.15) is 0 Å². The Labute approximate surface area is 91.7 Å². The predicted molar refractivity (Wildman–Crippen MR) is 66.4 cm³/mol. The highest BCUT2D eigenvalue weighted by atomic mass is 14.1. The van der Waals surface area contributed by atoms with Crippen molar-refractivity contribution >= 4 is 18.9 Å². The largest absolute Gasteiger partial charge is 0.114 e. The van der Waals surface area contributed by atoms with Crippen molar-refractivity contribution in [1.29, 1.82) is 0 Å². The van der Waals surface area contributed by atoms with Crippen LogP contribution in [0.3, 0.4) is 0 Å². The number of hydrogen-bond donors (Lipinski definition) is 0. The summed E-state index contributed by atoms with van der Waals surface area (Å²) in [5.74, 6) is 0. The second kappa shape index (κ2) is 4.18. The molecule has 2 rings (SSSR count). The lowest BCUT2D eigenvalue weighted by molar-refractivity contribution is 1.58. The molecule has 2 aromatic rings. The highest BCUT2D eigenvalue weighted by Crippen LogP contribution is 2.18. The molecule has 0 atom stereocenters. The predicted octanol–water partition coefficient (Wildman–Crippen LogP) is 2.54. The molecule has 1 heteroatoms. The van der Waals surface area contributed by atoms with Gasteiger partial charge in [-0.15, -0.1) is 0 Å². The summed E-state index contributed by atoms with van der Waals surface area (Å²) in [6, 6.07) is 17.8.